The van der Waals surface area contributed by atoms with E-state index in [1.54, 1.807) is 0 Å². The van der Waals surface area contributed by atoms with Gasteiger partial charge in [0.15, 0.2) is 5.82 Å². The van der Waals surface area contributed by atoms with Crippen LogP contribution in [-0.4, -0.2) is 75.3 Å². The van der Waals surface area contributed by atoms with Gasteiger partial charge in [0.25, 0.3) is 0 Å². The van der Waals surface area contributed by atoms with Crippen LogP contribution < -0.4 is 4.90 Å². The van der Waals surface area contributed by atoms with Gasteiger partial charge in [-0.3, -0.25) is 0 Å². The average Bonchev–Trinajstić information content (AvgIpc) is 3.07. The smallest absolute Gasteiger partial charge is 0.159 e. The number of alkyl halides is 1. The fourth-order valence-corrected chi connectivity index (χ4v) is 4.64. The number of benzene rings is 1. The Hall–Kier alpha value is -2.58. The van der Waals surface area contributed by atoms with Crippen LogP contribution in [-0.2, 0) is 0 Å². The summed E-state index contributed by atoms with van der Waals surface area (Å²) in [5.41, 5.74) is 3.09. The number of likely N-dealkylation sites (tertiary alicyclic amines) is 1. The second-order valence-electron chi connectivity index (χ2n) is 8.69. The molecule has 5 rings (SSSR count). The number of rotatable bonds is 3. The van der Waals surface area contributed by atoms with E-state index in [2.05, 4.69) is 39.0 Å². The molecule has 0 bridgehead atoms. The van der Waals surface area contributed by atoms with Crippen molar-refractivity contribution in [2.45, 2.75) is 38.5 Å². The fraction of sp³-hybridized carbons (Fsp3) is 0.500. The van der Waals surface area contributed by atoms with Gasteiger partial charge in [0.1, 0.15) is 17.8 Å². The van der Waals surface area contributed by atoms with Gasteiger partial charge in [-0.05, 0) is 57.1 Å². The number of aliphatic hydroxyl groups excluding tert-OH is 1. The highest BCUT2D eigenvalue weighted by atomic mass is 19.1. The Labute approximate surface area is 175 Å². The molecule has 2 aliphatic rings. The molecule has 30 heavy (non-hydrogen) atoms. The molecular weight excluding hydrogens is 383 g/mol. The molecule has 0 unspecified atom stereocenters. The highest BCUT2D eigenvalue weighted by Crippen LogP contribution is 2.35. The number of aliphatic hydroxyl groups is 1. The minimum absolute atomic E-state index is 0.0979. The van der Waals surface area contributed by atoms with Crippen molar-refractivity contribution in [1.29, 1.82) is 0 Å². The van der Waals surface area contributed by atoms with Gasteiger partial charge in [0.05, 0.1) is 17.8 Å². The molecule has 0 saturated carbocycles. The zero-order valence-corrected chi connectivity index (χ0v) is 17.6. The number of anilines is 1. The van der Waals surface area contributed by atoms with E-state index in [0.29, 0.717) is 31.3 Å². The maximum atomic E-state index is 14.9. The highest BCUT2D eigenvalue weighted by Gasteiger charge is 2.30. The van der Waals surface area contributed by atoms with E-state index in [9.17, 15) is 9.50 Å². The lowest BCUT2D eigenvalue weighted by atomic mass is 9.85. The van der Waals surface area contributed by atoms with Crippen molar-refractivity contribution in [3.8, 4) is 5.82 Å². The number of fused-ring (bicyclic) bond motifs is 1. The second-order valence-corrected chi connectivity index (χ2v) is 8.69. The standard InChI is InChI=1S/C22H27FN6O/c1-13-6-15-9-24-29(20(15)7-18(13)17-4-5-27(3)12-19(17)23)22-8-21(25-14(2)26-22)28-10-16(30)11-28/h6-9,16-17,19,30H,4-5,10-12H2,1-3H3/t17-,19-/m0/s1. The Balaban J connectivity index is 1.56. The first-order valence-corrected chi connectivity index (χ1v) is 10.5. The quantitative estimate of drug-likeness (QED) is 0.715. The number of halogens is 1. The molecule has 2 aromatic heterocycles. The predicted octanol–water partition coefficient (Wildman–Crippen LogP) is 2.37. The van der Waals surface area contributed by atoms with Crippen molar-refractivity contribution in [3.05, 3.63) is 41.3 Å². The highest BCUT2D eigenvalue weighted by molar-refractivity contribution is 5.82. The normalized spacial score (nSPS) is 23.2. The molecule has 0 amide bonds. The monoisotopic (exact) mass is 410 g/mol. The molecule has 2 aliphatic heterocycles. The number of β-amino-alcohol motifs (C(OH)–C–C–N with tert-alkyl or cyclic N) is 1. The summed E-state index contributed by atoms with van der Waals surface area (Å²) in [5.74, 6) is 2.03. The lowest BCUT2D eigenvalue weighted by Gasteiger charge is -2.36. The van der Waals surface area contributed by atoms with Crippen molar-refractivity contribution in [2.75, 3.05) is 38.1 Å². The number of piperidine rings is 1. The minimum atomic E-state index is -0.873. The first kappa shape index (κ1) is 19.4. The van der Waals surface area contributed by atoms with Crippen molar-refractivity contribution in [2.24, 2.45) is 0 Å². The number of aromatic nitrogens is 4. The maximum Gasteiger partial charge on any atom is 0.159 e. The van der Waals surface area contributed by atoms with Gasteiger partial charge in [0.2, 0.25) is 0 Å². The Morgan fingerprint density at radius 3 is 2.57 bits per heavy atom. The third-order valence-electron chi connectivity index (χ3n) is 6.31. The summed E-state index contributed by atoms with van der Waals surface area (Å²) >= 11 is 0. The van der Waals surface area contributed by atoms with Crippen LogP contribution in [0.4, 0.5) is 10.2 Å². The van der Waals surface area contributed by atoms with E-state index < -0.39 is 6.17 Å². The number of nitrogens with zero attached hydrogens (tertiary/aromatic N) is 6. The second kappa shape index (κ2) is 7.28. The molecule has 158 valence electrons. The molecule has 0 radical (unpaired) electrons. The Morgan fingerprint density at radius 1 is 1.07 bits per heavy atom. The van der Waals surface area contributed by atoms with Crippen LogP contribution in [0.15, 0.2) is 24.4 Å². The summed E-state index contributed by atoms with van der Waals surface area (Å²) in [5, 5.41) is 15.2. The van der Waals surface area contributed by atoms with Crippen molar-refractivity contribution in [3.63, 3.8) is 0 Å². The summed E-state index contributed by atoms with van der Waals surface area (Å²) < 4.78 is 16.7. The molecule has 8 heteroatoms. The molecule has 1 aromatic carbocycles. The first-order valence-electron chi connectivity index (χ1n) is 10.5. The topological polar surface area (TPSA) is 70.3 Å². The Kier molecular flexibility index (Phi) is 4.71. The molecule has 7 nitrogen and oxygen atoms in total. The van der Waals surface area contributed by atoms with E-state index in [4.69, 9.17) is 0 Å². The van der Waals surface area contributed by atoms with Gasteiger partial charge in [0, 0.05) is 37.0 Å². The molecule has 2 fully saturated rings. The van der Waals surface area contributed by atoms with E-state index >= 15 is 0 Å². The van der Waals surface area contributed by atoms with Crippen LogP contribution in [0.25, 0.3) is 16.7 Å². The average molecular weight is 410 g/mol. The molecule has 2 saturated heterocycles. The zero-order chi connectivity index (χ0) is 21.0. The van der Waals surface area contributed by atoms with E-state index in [1.807, 2.05) is 35.8 Å². The fourth-order valence-electron chi connectivity index (χ4n) is 4.64. The van der Waals surface area contributed by atoms with Crippen LogP contribution >= 0.6 is 0 Å². The summed E-state index contributed by atoms with van der Waals surface area (Å²) in [6.07, 6.45) is 1.47. The van der Waals surface area contributed by atoms with Gasteiger partial charge in [-0.1, -0.05) is 0 Å². The molecular formula is C22H27FN6O. The summed E-state index contributed by atoms with van der Waals surface area (Å²) in [6, 6.07) is 6.09. The third-order valence-corrected chi connectivity index (χ3v) is 6.31. The minimum Gasteiger partial charge on any atom is -0.389 e. The maximum absolute atomic E-state index is 14.9. The third kappa shape index (κ3) is 3.33. The van der Waals surface area contributed by atoms with Crippen molar-refractivity contribution in [1.82, 2.24) is 24.6 Å². The van der Waals surface area contributed by atoms with Crippen LogP contribution in [0.3, 0.4) is 0 Å². The molecule has 3 aromatic rings. The van der Waals surface area contributed by atoms with Gasteiger partial charge >= 0.3 is 0 Å². The lowest BCUT2D eigenvalue weighted by molar-refractivity contribution is 0.139. The lowest BCUT2D eigenvalue weighted by Crippen LogP contribution is -2.51. The van der Waals surface area contributed by atoms with Crippen LogP contribution in [0, 0.1) is 13.8 Å². The van der Waals surface area contributed by atoms with E-state index in [0.717, 1.165) is 40.8 Å². The van der Waals surface area contributed by atoms with Gasteiger partial charge in [-0.25, -0.2) is 19.0 Å². The predicted molar refractivity (Wildman–Crippen MR) is 114 cm³/mol. The summed E-state index contributed by atoms with van der Waals surface area (Å²) in [7, 11) is 1.97. The Morgan fingerprint density at radius 2 is 1.83 bits per heavy atom. The van der Waals surface area contributed by atoms with E-state index in [1.165, 1.54) is 0 Å². The van der Waals surface area contributed by atoms with Crippen molar-refractivity contribution >= 4 is 16.7 Å². The number of hydrogen-bond donors (Lipinski definition) is 1. The van der Waals surface area contributed by atoms with E-state index in [-0.39, 0.29) is 12.0 Å². The van der Waals surface area contributed by atoms with Gasteiger partial charge in [-0.2, -0.15) is 5.10 Å². The molecule has 4 heterocycles. The molecule has 0 aliphatic carbocycles. The summed E-state index contributed by atoms with van der Waals surface area (Å²) in [4.78, 5) is 13.2. The van der Waals surface area contributed by atoms with Gasteiger partial charge < -0.3 is 14.9 Å². The summed E-state index contributed by atoms with van der Waals surface area (Å²) in [6.45, 7) is 6.44. The zero-order valence-electron chi connectivity index (χ0n) is 17.6. The Bertz CT molecular complexity index is 1090. The SMILES string of the molecule is Cc1nc(N2CC(O)C2)cc(-n2ncc3cc(C)c([C@@H]4CCN(C)C[C@@H]4F)cc32)n1. The molecule has 0 spiro atoms. The van der Waals surface area contributed by atoms with Gasteiger partial charge in [-0.15, -0.1) is 0 Å². The largest absolute Gasteiger partial charge is 0.389 e. The number of hydrogen-bond acceptors (Lipinski definition) is 6. The van der Waals surface area contributed by atoms with Crippen LogP contribution in [0.5, 0.6) is 0 Å². The van der Waals surface area contributed by atoms with Crippen LogP contribution in [0.1, 0.15) is 29.3 Å². The van der Waals surface area contributed by atoms with Crippen LogP contribution in [0.2, 0.25) is 0 Å². The molecule has 2 atom stereocenters. The molecule has 1 N–H and O–H groups in total. The number of aryl methyl sites for hydroxylation is 2. The first-order chi connectivity index (χ1) is 14.4. The van der Waals surface area contributed by atoms with Crippen molar-refractivity contribution < 1.29 is 9.50 Å².